The molecule has 0 bridgehead atoms. The third-order valence-electron chi connectivity index (χ3n) is 10.5. The number of phosphoric acid groups is 1. The molecule has 0 amide bonds. The second-order valence-corrected chi connectivity index (χ2v) is 17.7. The highest BCUT2D eigenvalue weighted by Crippen LogP contribution is 2.47. The first kappa shape index (κ1) is 59.0. The van der Waals surface area contributed by atoms with E-state index in [1.54, 1.807) is 12.2 Å². The number of rotatable bonds is 38. The first-order valence-corrected chi connectivity index (χ1v) is 25.2. The van der Waals surface area contributed by atoms with Crippen molar-refractivity contribution < 1.29 is 67.9 Å². The molecule has 1 fully saturated rings. The molecule has 0 heterocycles. The van der Waals surface area contributed by atoms with Gasteiger partial charge >= 0.3 is 19.8 Å². The third-order valence-corrected chi connectivity index (χ3v) is 11.5. The lowest BCUT2D eigenvalue weighted by atomic mass is 9.85. The molecule has 0 aromatic rings. The van der Waals surface area contributed by atoms with Gasteiger partial charge in [0.25, 0.3) is 0 Å². The van der Waals surface area contributed by atoms with Crippen molar-refractivity contribution in [2.45, 2.75) is 204 Å². The van der Waals surface area contributed by atoms with Gasteiger partial charge < -0.3 is 39.9 Å². The normalized spacial score (nSPS) is 22.1. The fourth-order valence-corrected chi connectivity index (χ4v) is 7.60. The third kappa shape index (κ3) is 30.2. The molecule has 64 heavy (non-hydrogen) atoms. The summed E-state index contributed by atoms with van der Waals surface area (Å²) in [5.74, 6) is -1.55. The number of hydrogen-bond acceptors (Lipinski definition) is 13. The van der Waals surface area contributed by atoms with Gasteiger partial charge in [0, 0.05) is 19.3 Å². The van der Waals surface area contributed by atoms with Crippen LogP contribution in [0.3, 0.4) is 0 Å². The largest absolute Gasteiger partial charge is 0.472 e. The SMILES string of the molecule is CCCCC/C=C\C/C=C\C/C=C\C=C\C(=O)CCCC(=O)OC[C@H](COP(=O)(O)OC1[C@H](O)[C@H](O)C(O)[C@H](O)[C@H]1O)OC(=O)CCCCCCCCC/C=C\C/C=C\CCCCC. The molecule has 0 aromatic heterocycles. The molecule has 0 radical (unpaired) electrons. The van der Waals surface area contributed by atoms with Crippen LogP contribution in [0.2, 0.25) is 0 Å². The van der Waals surface area contributed by atoms with Gasteiger partial charge in [0.05, 0.1) is 6.61 Å². The summed E-state index contributed by atoms with van der Waals surface area (Å²) in [6.45, 7) is 3.02. The molecule has 1 aliphatic rings. The molecular formula is C49H81O14P. The Morgan fingerprint density at radius 3 is 1.56 bits per heavy atom. The van der Waals surface area contributed by atoms with Crippen molar-refractivity contribution in [2.75, 3.05) is 13.2 Å². The minimum Gasteiger partial charge on any atom is -0.462 e. The van der Waals surface area contributed by atoms with E-state index in [1.165, 1.54) is 44.6 Å². The molecule has 0 saturated heterocycles. The zero-order valence-corrected chi connectivity index (χ0v) is 39.4. The number of aliphatic hydroxyl groups is 5. The first-order chi connectivity index (χ1) is 30.8. The van der Waals surface area contributed by atoms with Gasteiger partial charge in [-0.15, -0.1) is 0 Å². The van der Waals surface area contributed by atoms with E-state index >= 15 is 0 Å². The highest BCUT2D eigenvalue weighted by Gasteiger charge is 2.51. The highest BCUT2D eigenvalue weighted by atomic mass is 31.2. The molecule has 6 N–H and O–H groups in total. The van der Waals surface area contributed by atoms with Gasteiger partial charge in [0.15, 0.2) is 11.9 Å². The average molecular weight is 925 g/mol. The number of ketones is 1. The Morgan fingerprint density at radius 2 is 1.00 bits per heavy atom. The molecule has 3 unspecified atom stereocenters. The molecule has 1 rings (SSSR count). The van der Waals surface area contributed by atoms with Gasteiger partial charge in [0.2, 0.25) is 0 Å². The van der Waals surface area contributed by atoms with E-state index in [1.807, 2.05) is 6.08 Å². The zero-order valence-electron chi connectivity index (χ0n) is 38.5. The Bertz CT molecular complexity index is 1460. The monoisotopic (exact) mass is 925 g/mol. The predicted molar refractivity (Wildman–Crippen MR) is 249 cm³/mol. The summed E-state index contributed by atoms with van der Waals surface area (Å²) in [7, 11) is -5.18. The summed E-state index contributed by atoms with van der Waals surface area (Å²) in [6.07, 6.45) is 30.9. The molecular weight excluding hydrogens is 843 g/mol. The molecule has 1 saturated carbocycles. The summed E-state index contributed by atoms with van der Waals surface area (Å²) >= 11 is 0. The number of phosphoric ester groups is 1. The van der Waals surface area contributed by atoms with Crippen molar-refractivity contribution in [1.29, 1.82) is 0 Å². The molecule has 0 aromatic carbocycles. The summed E-state index contributed by atoms with van der Waals surface area (Å²) in [5, 5.41) is 50.2. The predicted octanol–water partition coefficient (Wildman–Crippen LogP) is 8.68. The van der Waals surface area contributed by atoms with Crippen molar-refractivity contribution >= 4 is 25.5 Å². The van der Waals surface area contributed by atoms with E-state index in [2.05, 4.69) is 62.5 Å². The zero-order chi connectivity index (χ0) is 47.3. The Labute approximate surface area is 382 Å². The maximum absolute atomic E-state index is 12.8. The van der Waals surface area contributed by atoms with E-state index in [4.69, 9.17) is 18.5 Å². The lowest BCUT2D eigenvalue weighted by Gasteiger charge is -2.41. The summed E-state index contributed by atoms with van der Waals surface area (Å²) in [6, 6.07) is 0. The van der Waals surface area contributed by atoms with Crippen molar-refractivity contribution in [3.05, 3.63) is 72.9 Å². The molecule has 8 atom stereocenters. The summed E-state index contributed by atoms with van der Waals surface area (Å²) in [5.41, 5.74) is 0. The van der Waals surface area contributed by atoms with Crippen LogP contribution in [0.15, 0.2) is 72.9 Å². The van der Waals surface area contributed by atoms with E-state index in [0.717, 1.165) is 77.0 Å². The van der Waals surface area contributed by atoms with Gasteiger partial charge in [-0.05, 0) is 76.7 Å². The van der Waals surface area contributed by atoms with Crippen molar-refractivity contribution in [2.24, 2.45) is 0 Å². The average Bonchev–Trinajstić information content (AvgIpc) is 3.27. The number of unbranched alkanes of at least 4 members (excludes halogenated alkanes) is 13. The number of carbonyl (C=O) groups excluding carboxylic acids is 3. The van der Waals surface area contributed by atoms with Crippen LogP contribution in [-0.4, -0.2) is 104 Å². The number of allylic oxidation sites excluding steroid dienone is 12. The van der Waals surface area contributed by atoms with Crippen molar-refractivity contribution in [3.8, 4) is 0 Å². The number of carbonyl (C=O) groups is 3. The number of esters is 2. The lowest BCUT2D eigenvalue weighted by Crippen LogP contribution is -2.64. The number of aliphatic hydroxyl groups excluding tert-OH is 5. The topological polar surface area (TPSA) is 227 Å². The van der Waals surface area contributed by atoms with Crippen molar-refractivity contribution in [3.63, 3.8) is 0 Å². The quantitative estimate of drug-likeness (QED) is 0.00851. The molecule has 0 spiro atoms. The Balaban J connectivity index is 2.55. The summed E-state index contributed by atoms with van der Waals surface area (Å²) in [4.78, 5) is 48.0. The van der Waals surface area contributed by atoms with E-state index in [-0.39, 0.29) is 31.5 Å². The second kappa shape index (κ2) is 38.1. The van der Waals surface area contributed by atoms with Crippen LogP contribution in [0.25, 0.3) is 0 Å². The molecule has 1 aliphatic carbocycles. The number of ether oxygens (including phenoxy) is 2. The maximum atomic E-state index is 12.8. The van der Waals surface area contributed by atoms with Gasteiger partial charge in [-0.2, -0.15) is 0 Å². The molecule has 366 valence electrons. The van der Waals surface area contributed by atoms with Crippen LogP contribution in [0.4, 0.5) is 0 Å². The highest BCUT2D eigenvalue weighted by molar-refractivity contribution is 7.47. The molecule has 15 heteroatoms. The van der Waals surface area contributed by atoms with Crippen LogP contribution in [0.1, 0.15) is 162 Å². The minimum absolute atomic E-state index is 0.0342. The van der Waals surface area contributed by atoms with Gasteiger partial charge in [-0.25, -0.2) is 4.57 Å². The van der Waals surface area contributed by atoms with Gasteiger partial charge in [0.1, 0.15) is 43.2 Å². The van der Waals surface area contributed by atoms with E-state index < -0.39 is 75.7 Å². The lowest BCUT2D eigenvalue weighted by molar-refractivity contribution is -0.220. The fraction of sp³-hybridized carbons (Fsp3) is 0.694. The number of hydrogen-bond donors (Lipinski definition) is 6. The Morgan fingerprint density at radius 1 is 0.531 bits per heavy atom. The standard InChI is InChI=1S/C49H81O14P/c1-3-5-7-9-11-13-15-17-18-19-20-22-24-26-28-30-32-36-43(52)62-41(39-61-64(58,59)63-49-47(56)45(54)44(53)46(55)48(49)57)38-60-42(51)37-33-35-40(50)34-31-29-27-25-23-21-16-14-12-10-8-6-4-2/h11-14,17-18,21,23,27,29,31,34,41,44-49,53-57H,3-10,15-16,19-20,22,24-26,28,30,32-33,35-39H2,1-2H3,(H,58,59)/b13-11-,14-12-,18-17-,23-21-,29-27-,34-31+/t41-,44?,45-,46+,47-,48-,49?/m1/s1. The van der Waals surface area contributed by atoms with Crippen LogP contribution in [0.5, 0.6) is 0 Å². The van der Waals surface area contributed by atoms with Crippen LogP contribution in [-0.2, 0) is 37.5 Å². The fourth-order valence-electron chi connectivity index (χ4n) is 6.62. The van der Waals surface area contributed by atoms with Crippen LogP contribution < -0.4 is 0 Å². The first-order valence-electron chi connectivity index (χ1n) is 23.7. The Kier molecular flexibility index (Phi) is 35.1. The van der Waals surface area contributed by atoms with Gasteiger partial charge in [-0.3, -0.25) is 23.4 Å². The smallest absolute Gasteiger partial charge is 0.462 e. The summed E-state index contributed by atoms with van der Waals surface area (Å²) < 4.78 is 33.3. The van der Waals surface area contributed by atoms with Crippen molar-refractivity contribution in [1.82, 2.24) is 0 Å². The van der Waals surface area contributed by atoms with E-state index in [0.29, 0.717) is 6.42 Å². The second-order valence-electron chi connectivity index (χ2n) is 16.3. The minimum atomic E-state index is -5.18. The maximum Gasteiger partial charge on any atom is 0.472 e. The van der Waals surface area contributed by atoms with Crippen LogP contribution >= 0.6 is 7.82 Å². The molecule has 14 nitrogen and oxygen atoms in total. The van der Waals surface area contributed by atoms with E-state index in [9.17, 15) is 49.4 Å². The van der Waals surface area contributed by atoms with Gasteiger partial charge in [-0.1, -0.05) is 138 Å². The van der Waals surface area contributed by atoms with Crippen LogP contribution in [0, 0.1) is 0 Å². The molecule has 0 aliphatic heterocycles. The Hall–Kier alpha value is -3.04.